The summed E-state index contributed by atoms with van der Waals surface area (Å²) in [5.41, 5.74) is -3.08. The normalized spacial score (nSPS) is 39.6. The van der Waals surface area contributed by atoms with E-state index in [0.717, 1.165) is 18.6 Å². The number of allylic oxidation sites excluding steroid dienone is 4. The van der Waals surface area contributed by atoms with E-state index in [-0.39, 0.29) is 45.9 Å². The van der Waals surface area contributed by atoms with Crippen molar-refractivity contribution in [2.75, 3.05) is 13.1 Å². The molecule has 248 valence electrons. The Hall–Kier alpha value is -2.24. The van der Waals surface area contributed by atoms with Crippen LogP contribution in [0.3, 0.4) is 0 Å². The van der Waals surface area contributed by atoms with E-state index < -0.39 is 49.6 Å². The highest BCUT2D eigenvalue weighted by Crippen LogP contribution is 2.78. The summed E-state index contributed by atoms with van der Waals surface area (Å²) >= 11 is 1.17. The van der Waals surface area contributed by atoms with Crippen LogP contribution in [0.2, 0.25) is 0 Å². The number of aliphatic hydroxyl groups excluding tert-OH is 1. The molecule has 1 aromatic carbocycles. The zero-order chi connectivity index (χ0) is 32.9. The fraction of sp³-hybridized carbons (Fsp3) is 0.583. The number of Topliss-reactive ketones (excluding diaryl/α,β-unsaturated/α-hetero) is 1. The average molecular weight is 672 g/mol. The molecule has 0 amide bonds. The summed E-state index contributed by atoms with van der Waals surface area (Å²) in [6, 6.07) is 6.59. The molecule has 2 aromatic rings. The minimum atomic E-state index is -3.82. The molecule has 1 aromatic heterocycles. The smallest absolute Gasteiger partial charge is 0.252 e. The van der Waals surface area contributed by atoms with Crippen molar-refractivity contribution in [2.45, 2.75) is 88.1 Å². The van der Waals surface area contributed by atoms with Gasteiger partial charge >= 0.3 is 0 Å². The van der Waals surface area contributed by atoms with Crippen LogP contribution in [-0.2, 0) is 10.0 Å². The van der Waals surface area contributed by atoms with Gasteiger partial charge in [0.1, 0.15) is 4.21 Å². The second kappa shape index (κ2) is 10.6. The molecule has 2 bridgehead atoms. The molecule has 0 radical (unpaired) electrons. The van der Waals surface area contributed by atoms with Crippen molar-refractivity contribution in [1.82, 2.24) is 4.31 Å². The Kier molecular flexibility index (Phi) is 7.47. The molecule has 6 nitrogen and oxygen atoms in total. The highest BCUT2D eigenvalue weighted by molar-refractivity contribution is 7.91. The summed E-state index contributed by atoms with van der Waals surface area (Å²) in [5, 5.41) is 25.3. The first-order chi connectivity index (χ1) is 21.7. The molecular weight excluding hydrogens is 629 g/mol. The fourth-order valence-corrected chi connectivity index (χ4v) is 13.5. The predicted molar refractivity (Wildman–Crippen MR) is 173 cm³/mol. The number of halogens is 2. The molecule has 2 N–H and O–H groups in total. The monoisotopic (exact) mass is 671 g/mol. The van der Waals surface area contributed by atoms with Crippen LogP contribution >= 0.6 is 11.3 Å². The van der Waals surface area contributed by atoms with Crippen LogP contribution in [0.25, 0.3) is 0 Å². The minimum absolute atomic E-state index is 0.0220. The number of rotatable bonds is 8. The first-order valence-corrected chi connectivity index (χ1v) is 18.9. The molecule has 6 aliphatic rings. The first-order valence-electron chi connectivity index (χ1n) is 16.6. The molecule has 3 saturated carbocycles. The predicted octanol–water partition coefficient (Wildman–Crippen LogP) is 6.90. The van der Waals surface area contributed by atoms with Gasteiger partial charge in [0.15, 0.2) is 17.4 Å². The summed E-state index contributed by atoms with van der Waals surface area (Å²) in [5.74, 6) is -2.64. The van der Waals surface area contributed by atoms with Crippen LogP contribution in [0.1, 0.15) is 82.5 Å². The highest BCUT2D eigenvalue weighted by Gasteiger charge is 2.74. The van der Waals surface area contributed by atoms with E-state index in [1.54, 1.807) is 17.5 Å². The molecule has 2 spiro atoms. The van der Waals surface area contributed by atoms with Crippen LogP contribution in [0, 0.1) is 45.1 Å². The summed E-state index contributed by atoms with van der Waals surface area (Å²) < 4.78 is 57.7. The lowest BCUT2D eigenvalue weighted by Crippen LogP contribution is -2.67. The molecule has 8 atom stereocenters. The number of thiophene rings is 1. The Morgan fingerprint density at radius 2 is 1.74 bits per heavy atom. The number of hydrogen-bond acceptors (Lipinski definition) is 6. The molecule has 10 heteroatoms. The molecule has 6 aliphatic carbocycles. The maximum Gasteiger partial charge on any atom is 0.252 e. The Morgan fingerprint density at radius 3 is 2.43 bits per heavy atom. The van der Waals surface area contributed by atoms with Crippen molar-refractivity contribution in [3.63, 3.8) is 0 Å². The maximum atomic E-state index is 14.5. The van der Waals surface area contributed by atoms with E-state index in [1.165, 1.54) is 21.7 Å². The van der Waals surface area contributed by atoms with Gasteiger partial charge in [-0.2, -0.15) is 4.31 Å². The van der Waals surface area contributed by atoms with Gasteiger partial charge in [-0.1, -0.05) is 45.1 Å². The Bertz CT molecular complexity index is 1740. The van der Waals surface area contributed by atoms with Crippen LogP contribution < -0.4 is 0 Å². The summed E-state index contributed by atoms with van der Waals surface area (Å²) in [7, 11) is -3.82. The number of nitrogens with zero attached hydrogens (tertiary/aromatic N) is 1. The van der Waals surface area contributed by atoms with E-state index in [1.807, 2.05) is 13.0 Å². The molecule has 8 unspecified atom stereocenters. The third-order valence-electron chi connectivity index (χ3n) is 13.1. The number of carbonyl (C=O) groups excluding carboxylic acids is 1. The van der Waals surface area contributed by atoms with Gasteiger partial charge in [-0.15, -0.1) is 11.3 Å². The van der Waals surface area contributed by atoms with Crippen LogP contribution in [-0.4, -0.2) is 53.5 Å². The number of ketones is 1. The Labute approximate surface area is 274 Å². The molecule has 8 rings (SSSR count). The highest BCUT2D eigenvalue weighted by atomic mass is 32.2. The van der Waals surface area contributed by atoms with Crippen LogP contribution in [0.4, 0.5) is 8.78 Å². The van der Waals surface area contributed by atoms with Gasteiger partial charge in [0, 0.05) is 40.5 Å². The summed E-state index contributed by atoms with van der Waals surface area (Å²) in [6.45, 7) is 6.50. The number of sulfonamides is 1. The number of aliphatic hydroxyl groups is 2. The van der Waals surface area contributed by atoms with Gasteiger partial charge in [-0.25, -0.2) is 17.2 Å². The SMILES string of the molecule is CCCN(CC1(O)CCC2C34C=CC5(C=C3C(=O)c3ccc(F)c(F)c3)CC(O)CCC5(C)C4CCC21C)S(=O)(=O)c1cccs1. The number of fused-ring (bicyclic) bond motifs is 1. The van der Waals surface area contributed by atoms with Gasteiger partial charge in [-0.3, -0.25) is 4.79 Å². The van der Waals surface area contributed by atoms with E-state index in [4.69, 9.17) is 0 Å². The zero-order valence-corrected chi connectivity index (χ0v) is 28.3. The molecule has 1 heterocycles. The average Bonchev–Trinajstić information content (AvgIpc) is 3.65. The van der Waals surface area contributed by atoms with E-state index >= 15 is 0 Å². The largest absolute Gasteiger partial charge is 0.393 e. The van der Waals surface area contributed by atoms with Crippen molar-refractivity contribution in [3.8, 4) is 0 Å². The lowest BCUT2D eigenvalue weighted by Gasteiger charge is -2.71. The topological polar surface area (TPSA) is 94.9 Å². The van der Waals surface area contributed by atoms with Crippen molar-refractivity contribution < 1.29 is 32.2 Å². The first kappa shape index (κ1) is 32.3. The Balaban J connectivity index is 1.35. The number of hydrogen-bond donors (Lipinski definition) is 2. The zero-order valence-electron chi connectivity index (χ0n) is 26.6. The third kappa shape index (κ3) is 4.18. The number of benzene rings is 1. The van der Waals surface area contributed by atoms with Crippen molar-refractivity contribution >= 4 is 27.1 Å². The van der Waals surface area contributed by atoms with Gasteiger partial charge in [-0.05, 0) is 98.3 Å². The Morgan fingerprint density at radius 1 is 1.02 bits per heavy atom. The molecule has 3 fully saturated rings. The number of carbonyl (C=O) groups is 1. The lowest BCUT2D eigenvalue weighted by molar-refractivity contribution is -0.173. The second-order valence-corrected chi connectivity index (χ2v) is 18.2. The summed E-state index contributed by atoms with van der Waals surface area (Å²) in [6.07, 6.45) is 10.7. The van der Waals surface area contributed by atoms with Crippen molar-refractivity contribution in [3.05, 3.63) is 76.7 Å². The van der Waals surface area contributed by atoms with Crippen molar-refractivity contribution in [2.24, 2.45) is 33.5 Å². The molecular formula is C36H43F2NO5S2. The molecule has 0 aliphatic heterocycles. The van der Waals surface area contributed by atoms with Gasteiger partial charge in [0.25, 0.3) is 10.0 Å². The fourth-order valence-electron chi connectivity index (χ4n) is 10.8. The lowest BCUT2D eigenvalue weighted by atomic mass is 9.32. The van der Waals surface area contributed by atoms with Gasteiger partial charge in [0.2, 0.25) is 0 Å². The van der Waals surface area contributed by atoms with E-state index in [9.17, 15) is 32.2 Å². The maximum absolute atomic E-state index is 14.5. The second-order valence-electron chi connectivity index (χ2n) is 15.0. The van der Waals surface area contributed by atoms with Crippen LogP contribution in [0.5, 0.6) is 0 Å². The third-order valence-corrected chi connectivity index (χ3v) is 16.4. The minimum Gasteiger partial charge on any atom is -0.393 e. The molecule has 0 saturated heterocycles. The summed E-state index contributed by atoms with van der Waals surface area (Å²) in [4.78, 5) is 14.5. The van der Waals surface area contributed by atoms with Gasteiger partial charge in [0.05, 0.1) is 11.7 Å². The van der Waals surface area contributed by atoms with Crippen LogP contribution in [0.15, 0.2) is 63.7 Å². The van der Waals surface area contributed by atoms with Gasteiger partial charge < -0.3 is 10.2 Å². The van der Waals surface area contributed by atoms with Crippen molar-refractivity contribution in [1.29, 1.82) is 0 Å². The van der Waals surface area contributed by atoms with E-state index in [2.05, 4.69) is 26.0 Å². The van der Waals surface area contributed by atoms with E-state index in [0.29, 0.717) is 50.5 Å². The molecule has 46 heavy (non-hydrogen) atoms. The quantitative estimate of drug-likeness (QED) is 0.235. The standard InChI is InChI=1S/C36H43F2NO5S2/c1-4-17-39(46(43,44)30-6-5-18-45-30)22-35(42)14-11-29-33(35,3)13-10-28-32(2)12-9-24(40)20-34(32)15-16-36(28,29)25(21-34)31(41)23-7-8-26(37)27(38)19-23/h5-8,15-16,18-19,21,24,28-29,40,42H,4,9-14,17,20,22H2,1-3H3.